The van der Waals surface area contributed by atoms with Crippen LogP contribution in [0.2, 0.25) is 0 Å². The Bertz CT molecular complexity index is 1590. The van der Waals surface area contributed by atoms with Crippen LogP contribution in [0.15, 0.2) is 12.5 Å². The fourth-order valence-corrected chi connectivity index (χ4v) is 7.36. The summed E-state index contributed by atoms with van der Waals surface area (Å²) in [6, 6.07) is -0.641. The number of carbonyl (C=O) groups excluding carboxylic acids is 6. The van der Waals surface area contributed by atoms with E-state index >= 15 is 0 Å². The number of Topliss-reactive ketones (excluding diaryl/α,β-unsaturated/α-hetero) is 3. The molecule has 19 nitrogen and oxygen atoms in total. The molecule has 1 heterocycles. The molecular formula is C51H93N9O10. The average molecular weight is 992 g/mol. The van der Waals surface area contributed by atoms with E-state index in [1.165, 1.54) is 51.4 Å². The predicted octanol–water partition coefficient (Wildman–Crippen LogP) is 4.36. The van der Waals surface area contributed by atoms with Gasteiger partial charge in [-0.2, -0.15) is 0 Å². The van der Waals surface area contributed by atoms with E-state index in [1.54, 1.807) is 40.2 Å². The summed E-state index contributed by atoms with van der Waals surface area (Å²) in [5, 5.41) is 26.5. The molecule has 0 aliphatic rings. The van der Waals surface area contributed by atoms with Crippen LogP contribution >= 0.6 is 0 Å². The smallest absolute Gasteiger partial charge is 0.303 e. The number of ketones is 3. The lowest BCUT2D eigenvalue weighted by Gasteiger charge is -2.29. The second-order valence-electron chi connectivity index (χ2n) is 19.3. The van der Waals surface area contributed by atoms with Gasteiger partial charge in [-0.1, -0.05) is 83.5 Å². The van der Waals surface area contributed by atoms with Crippen molar-refractivity contribution < 1.29 is 48.1 Å². The summed E-state index contributed by atoms with van der Waals surface area (Å²) in [5.41, 5.74) is 4.46. The molecule has 402 valence electrons. The van der Waals surface area contributed by atoms with Crippen LogP contribution in [0, 0.1) is 0 Å². The fourth-order valence-electron chi connectivity index (χ4n) is 7.36. The van der Waals surface area contributed by atoms with Crippen LogP contribution in [0.3, 0.4) is 0 Å². The SMILES string of the molecule is CC(C)(NCC(=O)C(C)(C)NCC(=O)CCc1cnc[nH]1)C(=O)CN[C@@H](CCCCN)C(=O)NCCOCCOCC(=O)NCCCCNC(=O)CCCCCCCCCCCCCCCCC(=O)O. The van der Waals surface area contributed by atoms with E-state index < -0.39 is 23.1 Å². The molecule has 0 saturated carbocycles. The largest absolute Gasteiger partial charge is 0.481 e. The highest BCUT2D eigenvalue weighted by Crippen LogP contribution is 2.14. The predicted molar refractivity (Wildman–Crippen MR) is 272 cm³/mol. The van der Waals surface area contributed by atoms with Crippen LogP contribution in [-0.2, 0) is 49.5 Å². The van der Waals surface area contributed by atoms with Crippen LogP contribution in [-0.4, -0.2) is 145 Å². The van der Waals surface area contributed by atoms with E-state index in [4.69, 9.17) is 20.3 Å². The summed E-state index contributed by atoms with van der Waals surface area (Å²) in [6.07, 6.45) is 24.4. The molecule has 0 bridgehead atoms. The number of nitrogens with zero attached hydrogens (tertiary/aromatic N) is 1. The maximum absolute atomic E-state index is 13.3. The lowest BCUT2D eigenvalue weighted by Crippen LogP contribution is -2.57. The molecule has 19 heteroatoms. The van der Waals surface area contributed by atoms with Gasteiger partial charge in [0.25, 0.3) is 0 Å². The number of hydrogen-bond acceptors (Lipinski definition) is 14. The maximum atomic E-state index is 13.3. The van der Waals surface area contributed by atoms with Gasteiger partial charge >= 0.3 is 5.97 Å². The van der Waals surface area contributed by atoms with Gasteiger partial charge in [-0.25, -0.2) is 4.98 Å². The summed E-state index contributed by atoms with van der Waals surface area (Å²) in [4.78, 5) is 93.6. The van der Waals surface area contributed by atoms with Crippen molar-refractivity contribution in [2.45, 2.75) is 192 Å². The Morgan fingerprint density at radius 3 is 1.73 bits per heavy atom. The third-order valence-electron chi connectivity index (χ3n) is 12.3. The van der Waals surface area contributed by atoms with Gasteiger partial charge in [0, 0.05) is 50.8 Å². The zero-order valence-corrected chi connectivity index (χ0v) is 43.4. The van der Waals surface area contributed by atoms with Gasteiger partial charge in [0.05, 0.1) is 62.9 Å². The van der Waals surface area contributed by atoms with Crippen molar-refractivity contribution in [2.24, 2.45) is 5.73 Å². The van der Waals surface area contributed by atoms with Gasteiger partial charge in [-0.15, -0.1) is 0 Å². The van der Waals surface area contributed by atoms with Crippen molar-refractivity contribution in [2.75, 3.05) is 72.2 Å². The molecule has 0 saturated heterocycles. The molecule has 0 aliphatic heterocycles. The molecule has 10 N–H and O–H groups in total. The molecular weight excluding hydrogens is 899 g/mol. The van der Waals surface area contributed by atoms with Crippen molar-refractivity contribution >= 4 is 41.0 Å². The zero-order valence-electron chi connectivity index (χ0n) is 43.4. The average Bonchev–Trinajstić information content (AvgIpc) is 3.86. The van der Waals surface area contributed by atoms with Crippen molar-refractivity contribution in [3.8, 4) is 0 Å². The number of aliphatic carboxylic acids is 1. The quantitative estimate of drug-likeness (QED) is 0.0410. The molecule has 0 unspecified atom stereocenters. The molecule has 1 atom stereocenters. The summed E-state index contributed by atoms with van der Waals surface area (Å²) in [7, 11) is 0. The van der Waals surface area contributed by atoms with Gasteiger partial charge in [0.1, 0.15) is 12.4 Å². The van der Waals surface area contributed by atoms with Crippen molar-refractivity contribution in [1.82, 2.24) is 41.9 Å². The van der Waals surface area contributed by atoms with Crippen LogP contribution < -0.4 is 37.6 Å². The number of nitrogens with one attached hydrogen (secondary N) is 7. The molecule has 0 fully saturated rings. The number of aromatic amines is 1. The van der Waals surface area contributed by atoms with E-state index in [0.717, 1.165) is 63.5 Å². The first-order chi connectivity index (χ1) is 33.6. The number of imidazole rings is 1. The van der Waals surface area contributed by atoms with Crippen LogP contribution in [0.25, 0.3) is 0 Å². The van der Waals surface area contributed by atoms with Gasteiger partial charge in [0.2, 0.25) is 17.7 Å². The number of carboxylic acids is 1. The van der Waals surface area contributed by atoms with Crippen molar-refractivity contribution in [3.05, 3.63) is 18.2 Å². The fraction of sp³-hybridized carbons (Fsp3) is 0.804. The molecule has 1 aromatic rings. The highest BCUT2D eigenvalue weighted by molar-refractivity contribution is 5.93. The molecule has 0 radical (unpaired) electrons. The Balaban J connectivity index is 2.10. The molecule has 1 rings (SSSR count). The number of amides is 3. The van der Waals surface area contributed by atoms with Crippen LogP contribution in [0.1, 0.15) is 175 Å². The Morgan fingerprint density at radius 2 is 1.16 bits per heavy atom. The number of ether oxygens (including phenoxy) is 2. The molecule has 0 aliphatic carbocycles. The number of carboxylic acid groups (broad SMARTS) is 1. The van der Waals surface area contributed by atoms with Gasteiger partial charge in [0.15, 0.2) is 11.6 Å². The first-order valence-electron chi connectivity index (χ1n) is 26.2. The summed E-state index contributed by atoms with van der Waals surface area (Å²) < 4.78 is 11.0. The number of unbranched alkanes of at least 4 members (excludes halogenated alkanes) is 15. The summed E-state index contributed by atoms with van der Waals surface area (Å²) >= 11 is 0. The first-order valence-corrected chi connectivity index (χ1v) is 26.2. The lowest BCUT2D eigenvalue weighted by molar-refractivity contribution is -0.137. The van der Waals surface area contributed by atoms with E-state index in [1.807, 2.05) is 0 Å². The minimum atomic E-state index is -1.08. The topological polar surface area (TPSA) is 285 Å². The normalized spacial score (nSPS) is 12.1. The van der Waals surface area contributed by atoms with Crippen molar-refractivity contribution in [3.63, 3.8) is 0 Å². The molecule has 0 aromatic carbocycles. The Hall–Kier alpha value is -4.14. The second kappa shape index (κ2) is 40.5. The Kier molecular flexibility index (Phi) is 36.9. The second-order valence-corrected chi connectivity index (χ2v) is 19.3. The third-order valence-corrected chi connectivity index (χ3v) is 12.3. The maximum Gasteiger partial charge on any atom is 0.303 e. The van der Waals surface area contributed by atoms with Gasteiger partial charge in [-0.3, -0.25) is 49.5 Å². The number of nitrogens with two attached hydrogens (primary N) is 1. The highest BCUT2D eigenvalue weighted by atomic mass is 16.5. The molecule has 0 spiro atoms. The van der Waals surface area contributed by atoms with Crippen molar-refractivity contribution in [1.29, 1.82) is 0 Å². The minimum Gasteiger partial charge on any atom is -0.481 e. The molecule has 70 heavy (non-hydrogen) atoms. The number of rotatable bonds is 49. The number of aryl methyl sites for hydroxylation is 1. The molecule has 1 aromatic heterocycles. The zero-order chi connectivity index (χ0) is 51.7. The number of hydrogen-bond donors (Lipinski definition) is 9. The number of carbonyl (C=O) groups is 7. The van der Waals surface area contributed by atoms with Gasteiger partial charge in [-0.05, 0) is 79.2 Å². The number of aromatic nitrogens is 2. The monoisotopic (exact) mass is 992 g/mol. The minimum absolute atomic E-state index is 0.0340. The van der Waals surface area contributed by atoms with E-state index in [-0.39, 0.29) is 94.1 Å². The first kappa shape index (κ1) is 63.9. The van der Waals surface area contributed by atoms with Crippen LogP contribution in [0.5, 0.6) is 0 Å². The van der Waals surface area contributed by atoms with E-state index in [9.17, 15) is 33.6 Å². The summed E-state index contributed by atoms with van der Waals surface area (Å²) in [5.74, 6) is -1.59. The van der Waals surface area contributed by atoms with Crippen LogP contribution in [0.4, 0.5) is 0 Å². The van der Waals surface area contributed by atoms with E-state index in [2.05, 4.69) is 41.9 Å². The van der Waals surface area contributed by atoms with Gasteiger partial charge < -0.3 is 41.2 Å². The number of H-pyrrole nitrogens is 1. The standard InChI is InChI=1S/C51H93N9O10/c1-50(2,60-38-45(63)51(3,4)59-36-42(61)27-26-41-35-53-40-58-41)44(62)37-57-43(23-19-20-28-52)49(68)56-31-32-69-33-34-70-39-47(65)55-30-22-21-29-54-46(64)24-17-15-13-11-9-7-5-6-8-10-12-14-16-18-25-48(66)67/h35,40,43,57,59-60H,5-34,36-39,52H2,1-4H3,(H,53,58)(H,54,64)(H,55,65)(H,56,68)(H,66,67)/t43-/m0/s1. The molecule has 3 amide bonds. The Labute approximate surface area is 418 Å². The summed E-state index contributed by atoms with van der Waals surface area (Å²) in [6.45, 7) is 8.97. The Morgan fingerprint density at radius 1 is 0.614 bits per heavy atom. The third kappa shape index (κ3) is 35.0. The highest BCUT2D eigenvalue weighted by Gasteiger charge is 2.32. The van der Waals surface area contributed by atoms with E-state index in [0.29, 0.717) is 51.7 Å². The lowest BCUT2D eigenvalue weighted by atomic mass is 9.95.